The van der Waals surface area contributed by atoms with Crippen LogP contribution in [0.1, 0.15) is 58.9 Å². The second kappa shape index (κ2) is 6.69. The molecule has 0 saturated heterocycles. The fourth-order valence-corrected chi connectivity index (χ4v) is 2.35. The first-order chi connectivity index (χ1) is 10.8. The highest BCUT2D eigenvalue weighted by Crippen LogP contribution is 2.24. The van der Waals surface area contributed by atoms with E-state index < -0.39 is 5.97 Å². The average molecular weight is 315 g/mol. The zero-order valence-corrected chi connectivity index (χ0v) is 13.8. The lowest BCUT2D eigenvalue weighted by atomic mass is 10.0. The van der Waals surface area contributed by atoms with Gasteiger partial charge < -0.3 is 14.4 Å². The summed E-state index contributed by atoms with van der Waals surface area (Å²) in [6.07, 6.45) is 0.418. The van der Waals surface area contributed by atoms with Crippen molar-refractivity contribution < 1.29 is 19.1 Å². The Morgan fingerprint density at radius 3 is 2.48 bits per heavy atom. The first kappa shape index (κ1) is 16.8. The summed E-state index contributed by atoms with van der Waals surface area (Å²) in [5.74, 6) is -0.753. The Balaban J connectivity index is 2.33. The summed E-state index contributed by atoms with van der Waals surface area (Å²) in [5.41, 5.74) is 1.91. The number of hydrogen-bond donors (Lipinski definition) is 1. The van der Waals surface area contributed by atoms with Gasteiger partial charge in [0.15, 0.2) is 5.76 Å². The first-order valence-electron chi connectivity index (χ1n) is 7.59. The van der Waals surface area contributed by atoms with Gasteiger partial charge in [-0.15, -0.1) is 0 Å². The van der Waals surface area contributed by atoms with Crippen molar-refractivity contribution in [3.05, 3.63) is 53.0 Å². The van der Waals surface area contributed by atoms with Crippen molar-refractivity contribution in [3.8, 4) is 0 Å². The van der Waals surface area contributed by atoms with E-state index in [4.69, 9.17) is 9.52 Å². The number of aromatic carboxylic acids is 1. The van der Waals surface area contributed by atoms with Gasteiger partial charge in [-0.3, -0.25) is 4.79 Å². The number of nitrogens with zero attached hydrogens (tertiary/aromatic N) is 1. The topological polar surface area (TPSA) is 70.8 Å². The van der Waals surface area contributed by atoms with E-state index in [2.05, 4.69) is 13.8 Å². The molecule has 5 nitrogen and oxygen atoms in total. The molecule has 0 aliphatic carbocycles. The summed E-state index contributed by atoms with van der Waals surface area (Å²) in [7, 11) is 1.65. The number of carbonyl (C=O) groups excluding carboxylic acids is 1. The molecule has 0 atom stereocenters. The molecule has 1 N–H and O–H groups in total. The molecule has 0 unspecified atom stereocenters. The van der Waals surface area contributed by atoms with Crippen LogP contribution >= 0.6 is 0 Å². The summed E-state index contributed by atoms with van der Waals surface area (Å²) in [6, 6.07) is 9.00. The quantitative estimate of drug-likeness (QED) is 0.907. The standard InChI is InChI=1S/C18H21NO4/c1-5-15-14(18(21)22)10-16(23-15)17(20)19(4)13-8-6-7-12(9-13)11(2)3/h6-11H,5H2,1-4H3,(H,21,22). The van der Waals surface area contributed by atoms with Gasteiger partial charge in [0, 0.05) is 25.2 Å². The summed E-state index contributed by atoms with van der Waals surface area (Å²) in [5, 5.41) is 9.16. The third-order valence-corrected chi connectivity index (χ3v) is 3.80. The van der Waals surface area contributed by atoms with Crippen LogP contribution in [0.2, 0.25) is 0 Å². The van der Waals surface area contributed by atoms with Crippen LogP contribution in [0.15, 0.2) is 34.7 Å². The van der Waals surface area contributed by atoms with Gasteiger partial charge in [-0.05, 0) is 23.6 Å². The van der Waals surface area contributed by atoms with Crippen molar-refractivity contribution in [2.45, 2.75) is 33.1 Å². The van der Waals surface area contributed by atoms with Crippen LogP contribution in [0.25, 0.3) is 0 Å². The van der Waals surface area contributed by atoms with E-state index in [1.54, 1.807) is 14.0 Å². The summed E-state index contributed by atoms with van der Waals surface area (Å²) >= 11 is 0. The smallest absolute Gasteiger partial charge is 0.339 e. The lowest BCUT2D eigenvalue weighted by Gasteiger charge is -2.17. The lowest BCUT2D eigenvalue weighted by molar-refractivity contribution is 0.0694. The Labute approximate surface area is 135 Å². The van der Waals surface area contributed by atoms with Crippen LogP contribution in [0.3, 0.4) is 0 Å². The molecule has 0 aliphatic rings. The fourth-order valence-electron chi connectivity index (χ4n) is 2.35. The second-order valence-electron chi connectivity index (χ2n) is 5.72. The van der Waals surface area contributed by atoms with Crippen molar-refractivity contribution in [3.63, 3.8) is 0 Å². The number of furan rings is 1. The van der Waals surface area contributed by atoms with E-state index >= 15 is 0 Å². The number of hydrogen-bond acceptors (Lipinski definition) is 3. The van der Waals surface area contributed by atoms with Crippen molar-refractivity contribution in [2.24, 2.45) is 0 Å². The Morgan fingerprint density at radius 1 is 1.26 bits per heavy atom. The number of anilines is 1. The average Bonchev–Trinajstić information content (AvgIpc) is 2.98. The summed E-state index contributed by atoms with van der Waals surface area (Å²) in [6.45, 7) is 5.95. The minimum Gasteiger partial charge on any atom is -0.478 e. The summed E-state index contributed by atoms with van der Waals surface area (Å²) in [4.78, 5) is 25.2. The van der Waals surface area contributed by atoms with Gasteiger partial charge >= 0.3 is 5.97 Å². The first-order valence-corrected chi connectivity index (χ1v) is 7.59. The monoisotopic (exact) mass is 315 g/mol. The summed E-state index contributed by atoms with van der Waals surface area (Å²) < 4.78 is 5.44. The largest absolute Gasteiger partial charge is 0.478 e. The maximum Gasteiger partial charge on any atom is 0.339 e. The molecule has 2 rings (SSSR count). The highest BCUT2D eigenvalue weighted by atomic mass is 16.4. The van der Waals surface area contributed by atoms with Crippen LogP contribution in [-0.2, 0) is 6.42 Å². The zero-order chi connectivity index (χ0) is 17.1. The molecule has 122 valence electrons. The zero-order valence-electron chi connectivity index (χ0n) is 13.8. The Kier molecular flexibility index (Phi) is 4.89. The van der Waals surface area contributed by atoms with Gasteiger partial charge in [0.05, 0.1) is 0 Å². The number of carboxylic acid groups (broad SMARTS) is 1. The van der Waals surface area contributed by atoms with Crippen molar-refractivity contribution in [1.29, 1.82) is 0 Å². The number of carbonyl (C=O) groups is 2. The predicted molar refractivity (Wildman–Crippen MR) is 88.3 cm³/mol. The number of benzene rings is 1. The molecule has 0 aliphatic heterocycles. The molecular formula is C18H21NO4. The second-order valence-corrected chi connectivity index (χ2v) is 5.72. The van der Waals surface area contributed by atoms with Gasteiger partial charge in [-0.2, -0.15) is 0 Å². The van der Waals surface area contributed by atoms with Crippen LogP contribution in [0.5, 0.6) is 0 Å². The van der Waals surface area contributed by atoms with Crippen molar-refractivity contribution >= 4 is 17.6 Å². The number of aryl methyl sites for hydroxylation is 1. The van der Waals surface area contributed by atoms with E-state index in [9.17, 15) is 9.59 Å². The Bertz CT molecular complexity index is 730. The maximum atomic E-state index is 12.6. The molecule has 1 aromatic heterocycles. The number of carboxylic acids is 1. The Hall–Kier alpha value is -2.56. The molecule has 0 radical (unpaired) electrons. The number of rotatable bonds is 5. The highest BCUT2D eigenvalue weighted by molar-refractivity contribution is 6.05. The molecule has 5 heteroatoms. The van der Waals surface area contributed by atoms with E-state index in [1.165, 1.54) is 11.0 Å². The van der Waals surface area contributed by atoms with Gasteiger partial charge in [-0.25, -0.2) is 4.79 Å². The van der Waals surface area contributed by atoms with Crippen LogP contribution in [0, 0.1) is 0 Å². The van der Waals surface area contributed by atoms with Crippen LogP contribution < -0.4 is 4.90 Å². The molecule has 0 saturated carbocycles. The van der Waals surface area contributed by atoms with E-state index in [1.807, 2.05) is 24.3 Å². The normalized spacial score (nSPS) is 10.8. The Morgan fingerprint density at radius 2 is 1.96 bits per heavy atom. The molecule has 0 bridgehead atoms. The maximum absolute atomic E-state index is 12.6. The molecular weight excluding hydrogens is 294 g/mol. The third-order valence-electron chi connectivity index (χ3n) is 3.80. The van der Waals surface area contributed by atoms with E-state index in [0.717, 1.165) is 11.3 Å². The minimum absolute atomic E-state index is 0.0386. The van der Waals surface area contributed by atoms with Crippen molar-refractivity contribution in [1.82, 2.24) is 0 Å². The van der Waals surface area contributed by atoms with Gasteiger partial charge in [0.1, 0.15) is 11.3 Å². The fraction of sp³-hybridized carbons (Fsp3) is 0.333. The van der Waals surface area contributed by atoms with Gasteiger partial charge in [-0.1, -0.05) is 32.9 Å². The molecule has 2 aromatic rings. The number of amides is 1. The predicted octanol–water partition coefficient (Wildman–Crippen LogP) is 3.94. The van der Waals surface area contributed by atoms with Crippen LogP contribution in [-0.4, -0.2) is 24.0 Å². The molecule has 1 heterocycles. The van der Waals surface area contributed by atoms with E-state index in [0.29, 0.717) is 18.1 Å². The molecule has 1 aromatic carbocycles. The highest BCUT2D eigenvalue weighted by Gasteiger charge is 2.23. The SMILES string of the molecule is CCc1oc(C(=O)N(C)c2cccc(C(C)C)c2)cc1C(=O)O. The molecule has 0 spiro atoms. The lowest BCUT2D eigenvalue weighted by Crippen LogP contribution is -2.25. The van der Waals surface area contributed by atoms with E-state index in [-0.39, 0.29) is 17.2 Å². The minimum atomic E-state index is -1.09. The molecule has 0 fully saturated rings. The molecule has 23 heavy (non-hydrogen) atoms. The molecule has 1 amide bonds. The third kappa shape index (κ3) is 3.44. The van der Waals surface area contributed by atoms with Gasteiger partial charge in [0.2, 0.25) is 0 Å². The van der Waals surface area contributed by atoms with Crippen molar-refractivity contribution in [2.75, 3.05) is 11.9 Å². The van der Waals surface area contributed by atoms with Crippen LogP contribution in [0.4, 0.5) is 5.69 Å². The van der Waals surface area contributed by atoms with Gasteiger partial charge in [0.25, 0.3) is 5.91 Å².